The molecule has 0 radical (unpaired) electrons. The topological polar surface area (TPSA) is 81.1 Å². The normalized spacial score (nSPS) is 10.2. The number of nitrogens with one attached hydrogen (secondary N) is 1. The largest absolute Gasteiger partial charge is 0.335 e. The maximum Gasteiger partial charge on any atom is 0.263 e. The second-order valence-electron chi connectivity index (χ2n) is 3.34. The van der Waals surface area contributed by atoms with E-state index < -0.39 is 0 Å². The molecule has 0 aliphatic carbocycles. The Hall–Kier alpha value is -2.08. The molecule has 90 valence electrons. The molecule has 7 heteroatoms. The van der Waals surface area contributed by atoms with Gasteiger partial charge in [-0.2, -0.15) is 5.10 Å². The standard InChI is InChI=1S/C10H12N6.ClH/c1-8-2-4-9(5-3-8)6-12-14-10-15-13-7-16(10)11;/h2-7H,11H2,1H3,(H,14,15);1H/b12-6+;. The number of nitrogens with zero attached hydrogens (tertiary/aromatic N) is 4. The molecule has 3 N–H and O–H groups in total. The van der Waals surface area contributed by atoms with Crippen LogP contribution in [0.1, 0.15) is 11.1 Å². The van der Waals surface area contributed by atoms with Gasteiger partial charge in [0.2, 0.25) is 0 Å². The highest BCUT2D eigenvalue weighted by Gasteiger charge is 1.96. The molecule has 0 aliphatic heterocycles. The van der Waals surface area contributed by atoms with Crippen LogP contribution >= 0.6 is 12.4 Å². The van der Waals surface area contributed by atoms with Crippen molar-refractivity contribution >= 4 is 24.6 Å². The number of aromatic nitrogens is 3. The van der Waals surface area contributed by atoms with Crippen LogP contribution in [0.25, 0.3) is 0 Å². The third kappa shape index (κ3) is 3.46. The molecule has 1 aromatic carbocycles. The van der Waals surface area contributed by atoms with Gasteiger partial charge in [-0.25, -0.2) is 10.1 Å². The van der Waals surface area contributed by atoms with E-state index in [1.807, 2.05) is 31.2 Å². The molecule has 0 bridgehead atoms. The van der Waals surface area contributed by atoms with Crippen LogP contribution in [0.15, 0.2) is 35.7 Å². The highest BCUT2D eigenvalue weighted by atomic mass is 35.5. The first-order valence-electron chi connectivity index (χ1n) is 4.76. The van der Waals surface area contributed by atoms with E-state index in [1.165, 1.54) is 16.6 Å². The molecule has 0 fully saturated rings. The number of nitrogens with two attached hydrogens (primary N) is 1. The fourth-order valence-electron chi connectivity index (χ4n) is 1.14. The first-order valence-corrected chi connectivity index (χ1v) is 4.76. The van der Waals surface area contributed by atoms with Crippen molar-refractivity contribution in [2.75, 3.05) is 11.3 Å². The van der Waals surface area contributed by atoms with Gasteiger partial charge in [-0.05, 0) is 12.5 Å². The highest BCUT2D eigenvalue weighted by Crippen LogP contribution is 2.01. The van der Waals surface area contributed by atoms with Gasteiger partial charge >= 0.3 is 0 Å². The summed E-state index contributed by atoms with van der Waals surface area (Å²) in [5.41, 5.74) is 4.91. The monoisotopic (exact) mass is 252 g/mol. The molecule has 2 aromatic rings. The van der Waals surface area contributed by atoms with E-state index in [2.05, 4.69) is 20.7 Å². The molecular formula is C10H13ClN6. The van der Waals surface area contributed by atoms with Gasteiger partial charge in [-0.15, -0.1) is 22.6 Å². The molecule has 0 amide bonds. The molecule has 0 unspecified atom stereocenters. The summed E-state index contributed by atoms with van der Waals surface area (Å²) in [6, 6.07) is 8.00. The molecular weight excluding hydrogens is 240 g/mol. The smallest absolute Gasteiger partial charge is 0.263 e. The Morgan fingerprint density at radius 1 is 1.35 bits per heavy atom. The number of benzene rings is 1. The fraction of sp³-hybridized carbons (Fsp3) is 0.100. The van der Waals surface area contributed by atoms with Crippen LogP contribution in [0, 0.1) is 6.92 Å². The zero-order chi connectivity index (χ0) is 11.4. The zero-order valence-electron chi connectivity index (χ0n) is 9.24. The molecule has 0 saturated carbocycles. The Balaban J connectivity index is 0.00000144. The van der Waals surface area contributed by atoms with Crippen molar-refractivity contribution in [3.8, 4) is 0 Å². The number of nitrogen functional groups attached to an aromatic ring is 1. The molecule has 1 aromatic heterocycles. The number of halogens is 1. The van der Waals surface area contributed by atoms with Crippen molar-refractivity contribution in [3.63, 3.8) is 0 Å². The Morgan fingerprint density at radius 2 is 2.06 bits per heavy atom. The summed E-state index contributed by atoms with van der Waals surface area (Å²) in [5.74, 6) is 5.89. The lowest BCUT2D eigenvalue weighted by Gasteiger charge is -1.97. The van der Waals surface area contributed by atoms with Gasteiger partial charge in [0, 0.05) is 0 Å². The number of hydrogen-bond donors (Lipinski definition) is 2. The van der Waals surface area contributed by atoms with Gasteiger partial charge in [0.1, 0.15) is 6.33 Å². The summed E-state index contributed by atoms with van der Waals surface area (Å²) in [6.07, 6.45) is 3.08. The van der Waals surface area contributed by atoms with Crippen LogP contribution in [-0.4, -0.2) is 21.1 Å². The van der Waals surface area contributed by atoms with E-state index in [4.69, 9.17) is 5.84 Å². The van der Waals surface area contributed by atoms with Gasteiger partial charge in [-0.1, -0.05) is 29.8 Å². The Bertz CT molecular complexity index is 490. The molecule has 0 spiro atoms. The lowest BCUT2D eigenvalue weighted by atomic mass is 10.2. The quantitative estimate of drug-likeness (QED) is 0.488. The summed E-state index contributed by atoms with van der Waals surface area (Å²) in [6.45, 7) is 2.04. The maximum absolute atomic E-state index is 5.50. The summed E-state index contributed by atoms with van der Waals surface area (Å²) in [5, 5.41) is 11.3. The van der Waals surface area contributed by atoms with Gasteiger partial charge in [0.05, 0.1) is 6.21 Å². The number of hydrogen-bond acceptors (Lipinski definition) is 5. The molecule has 0 saturated heterocycles. The molecule has 6 nitrogen and oxygen atoms in total. The van der Waals surface area contributed by atoms with Crippen molar-refractivity contribution in [2.45, 2.75) is 6.92 Å². The van der Waals surface area contributed by atoms with Crippen LogP contribution in [0.4, 0.5) is 5.95 Å². The minimum atomic E-state index is 0. The average molecular weight is 253 g/mol. The average Bonchev–Trinajstić information content (AvgIpc) is 2.68. The Morgan fingerprint density at radius 3 is 2.65 bits per heavy atom. The summed E-state index contributed by atoms with van der Waals surface area (Å²) < 4.78 is 1.26. The Kier molecular flexibility index (Phi) is 4.47. The SMILES string of the molecule is Cc1ccc(/C=N/Nc2nncn2N)cc1.Cl. The lowest BCUT2D eigenvalue weighted by molar-refractivity contribution is 0.988. The van der Waals surface area contributed by atoms with Gasteiger partial charge in [0.15, 0.2) is 0 Å². The van der Waals surface area contributed by atoms with Gasteiger partial charge in [0.25, 0.3) is 5.95 Å². The second-order valence-corrected chi connectivity index (χ2v) is 3.34. The van der Waals surface area contributed by atoms with Crippen molar-refractivity contribution < 1.29 is 0 Å². The van der Waals surface area contributed by atoms with E-state index >= 15 is 0 Å². The van der Waals surface area contributed by atoms with Gasteiger partial charge < -0.3 is 5.84 Å². The van der Waals surface area contributed by atoms with Crippen molar-refractivity contribution in [1.29, 1.82) is 0 Å². The maximum atomic E-state index is 5.50. The van der Waals surface area contributed by atoms with Crippen LogP contribution in [0.3, 0.4) is 0 Å². The predicted octanol–water partition coefficient (Wildman–Crippen LogP) is 1.17. The number of aryl methyl sites for hydroxylation is 1. The van der Waals surface area contributed by atoms with Crippen LogP contribution < -0.4 is 11.3 Å². The van der Waals surface area contributed by atoms with E-state index in [0.29, 0.717) is 5.95 Å². The summed E-state index contributed by atoms with van der Waals surface area (Å²) >= 11 is 0. The highest BCUT2D eigenvalue weighted by molar-refractivity contribution is 5.85. The van der Waals surface area contributed by atoms with Crippen molar-refractivity contribution in [1.82, 2.24) is 14.9 Å². The number of hydrazone groups is 1. The van der Waals surface area contributed by atoms with E-state index in [0.717, 1.165) is 5.56 Å². The number of rotatable bonds is 3. The predicted molar refractivity (Wildman–Crippen MR) is 69.8 cm³/mol. The Labute approximate surface area is 105 Å². The van der Waals surface area contributed by atoms with Gasteiger partial charge in [-0.3, -0.25) is 0 Å². The molecule has 0 atom stereocenters. The lowest BCUT2D eigenvalue weighted by Crippen LogP contribution is -2.10. The summed E-state index contributed by atoms with van der Waals surface area (Å²) in [4.78, 5) is 0. The van der Waals surface area contributed by atoms with Crippen LogP contribution in [0.5, 0.6) is 0 Å². The fourth-order valence-corrected chi connectivity index (χ4v) is 1.14. The zero-order valence-corrected chi connectivity index (χ0v) is 10.1. The molecule has 2 rings (SSSR count). The van der Waals surface area contributed by atoms with Crippen LogP contribution in [0.2, 0.25) is 0 Å². The van der Waals surface area contributed by atoms with E-state index in [1.54, 1.807) is 6.21 Å². The first-order chi connectivity index (χ1) is 7.75. The molecule has 17 heavy (non-hydrogen) atoms. The third-order valence-corrected chi connectivity index (χ3v) is 2.03. The van der Waals surface area contributed by atoms with E-state index in [-0.39, 0.29) is 12.4 Å². The van der Waals surface area contributed by atoms with Crippen LogP contribution in [-0.2, 0) is 0 Å². The van der Waals surface area contributed by atoms with E-state index in [9.17, 15) is 0 Å². The third-order valence-electron chi connectivity index (χ3n) is 2.03. The molecule has 0 aliphatic rings. The van der Waals surface area contributed by atoms with Crippen molar-refractivity contribution in [3.05, 3.63) is 41.7 Å². The van der Waals surface area contributed by atoms with Crippen molar-refractivity contribution in [2.24, 2.45) is 5.10 Å². The minimum absolute atomic E-state index is 0. The minimum Gasteiger partial charge on any atom is -0.335 e. The molecule has 1 heterocycles. The number of anilines is 1. The summed E-state index contributed by atoms with van der Waals surface area (Å²) in [7, 11) is 0. The first kappa shape index (κ1) is 13.0. The second kappa shape index (κ2) is 5.86.